The van der Waals surface area contributed by atoms with E-state index >= 15 is 0 Å². The number of methoxy groups -OCH3 is 1. The van der Waals surface area contributed by atoms with Crippen LogP contribution in [-0.4, -0.2) is 13.0 Å². The Kier molecular flexibility index (Phi) is 3.55. The molecule has 82 valence electrons. The Morgan fingerprint density at radius 3 is 2.60 bits per heavy atom. The summed E-state index contributed by atoms with van der Waals surface area (Å²) in [6, 6.07) is 5.16. The number of nitrogens with one attached hydrogen (secondary N) is 1. The number of ether oxygens (including phenoxy) is 1. The first-order valence-corrected chi connectivity index (χ1v) is 4.79. The van der Waals surface area contributed by atoms with Crippen molar-refractivity contribution in [3.05, 3.63) is 18.2 Å². The molecule has 15 heavy (non-hydrogen) atoms. The Labute approximate surface area is 89.4 Å². The number of benzene rings is 1. The molecule has 0 aliphatic rings. The van der Waals surface area contributed by atoms with E-state index in [1.165, 1.54) is 0 Å². The molecule has 0 aromatic heterocycles. The fourth-order valence-corrected chi connectivity index (χ4v) is 1.06. The van der Waals surface area contributed by atoms with Crippen molar-refractivity contribution >= 4 is 17.3 Å². The molecule has 0 atom stereocenters. The molecule has 4 nitrogen and oxygen atoms in total. The van der Waals surface area contributed by atoms with Crippen molar-refractivity contribution in [2.45, 2.75) is 13.8 Å². The Bertz CT molecular complexity index is 362. The van der Waals surface area contributed by atoms with Gasteiger partial charge in [0.2, 0.25) is 5.91 Å². The van der Waals surface area contributed by atoms with E-state index in [2.05, 4.69) is 5.32 Å². The van der Waals surface area contributed by atoms with Crippen molar-refractivity contribution in [2.75, 3.05) is 18.2 Å². The van der Waals surface area contributed by atoms with Crippen LogP contribution in [0.25, 0.3) is 0 Å². The molecule has 0 saturated carbocycles. The number of anilines is 2. The molecule has 0 aliphatic heterocycles. The molecule has 1 amide bonds. The van der Waals surface area contributed by atoms with E-state index in [1.807, 2.05) is 13.8 Å². The van der Waals surface area contributed by atoms with Gasteiger partial charge in [0, 0.05) is 12.0 Å². The highest BCUT2D eigenvalue weighted by Gasteiger charge is 2.09. The van der Waals surface area contributed by atoms with Crippen LogP contribution in [0, 0.1) is 5.92 Å². The molecule has 3 N–H and O–H groups in total. The predicted octanol–water partition coefficient (Wildman–Crippen LogP) is 1.87. The molecule has 0 fully saturated rings. The summed E-state index contributed by atoms with van der Waals surface area (Å²) in [4.78, 5) is 11.4. The Morgan fingerprint density at radius 1 is 1.47 bits per heavy atom. The average Bonchev–Trinajstić information content (AvgIpc) is 2.20. The molecule has 0 heterocycles. The summed E-state index contributed by atoms with van der Waals surface area (Å²) >= 11 is 0. The highest BCUT2D eigenvalue weighted by Crippen LogP contribution is 2.24. The minimum Gasteiger partial charge on any atom is -0.497 e. The van der Waals surface area contributed by atoms with Gasteiger partial charge in [-0.3, -0.25) is 4.79 Å². The van der Waals surface area contributed by atoms with Crippen molar-refractivity contribution in [1.82, 2.24) is 0 Å². The molecule has 0 aliphatic carbocycles. The third-order valence-corrected chi connectivity index (χ3v) is 2.04. The highest BCUT2D eigenvalue weighted by atomic mass is 16.5. The number of hydrogen-bond acceptors (Lipinski definition) is 3. The van der Waals surface area contributed by atoms with Crippen LogP contribution in [0.1, 0.15) is 13.8 Å². The normalized spacial score (nSPS) is 10.1. The second-order valence-corrected chi connectivity index (χ2v) is 3.60. The van der Waals surface area contributed by atoms with Gasteiger partial charge in [-0.05, 0) is 12.1 Å². The molecule has 0 spiro atoms. The van der Waals surface area contributed by atoms with Crippen molar-refractivity contribution in [3.63, 3.8) is 0 Å². The SMILES string of the molecule is COc1ccc(NC(=O)C(C)C)c(N)c1. The second-order valence-electron chi connectivity index (χ2n) is 3.60. The number of nitrogen functional groups attached to an aromatic ring is 1. The summed E-state index contributed by atoms with van der Waals surface area (Å²) in [5.41, 5.74) is 6.87. The van der Waals surface area contributed by atoms with E-state index in [4.69, 9.17) is 10.5 Å². The lowest BCUT2D eigenvalue weighted by atomic mass is 10.2. The van der Waals surface area contributed by atoms with Crippen LogP contribution in [0.5, 0.6) is 5.75 Å². The molecule has 4 heteroatoms. The summed E-state index contributed by atoms with van der Waals surface area (Å²) in [5, 5.41) is 2.74. The van der Waals surface area contributed by atoms with Crippen molar-refractivity contribution in [1.29, 1.82) is 0 Å². The van der Waals surface area contributed by atoms with Gasteiger partial charge in [-0.2, -0.15) is 0 Å². The van der Waals surface area contributed by atoms with E-state index < -0.39 is 0 Å². The van der Waals surface area contributed by atoms with E-state index in [1.54, 1.807) is 25.3 Å². The number of hydrogen-bond donors (Lipinski definition) is 2. The number of carbonyl (C=O) groups excluding carboxylic acids is 1. The third kappa shape index (κ3) is 2.87. The lowest BCUT2D eigenvalue weighted by molar-refractivity contribution is -0.118. The Hall–Kier alpha value is -1.71. The van der Waals surface area contributed by atoms with Crippen LogP contribution in [0.4, 0.5) is 11.4 Å². The molecule has 1 rings (SSSR count). The van der Waals surface area contributed by atoms with E-state index in [0.29, 0.717) is 17.1 Å². The van der Waals surface area contributed by atoms with Crippen LogP contribution in [0.3, 0.4) is 0 Å². The molecule has 1 aromatic carbocycles. The van der Waals surface area contributed by atoms with Gasteiger partial charge in [0.05, 0.1) is 18.5 Å². The van der Waals surface area contributed by atoms with Gasteiger partial charge in [0.1, 0.15) is 5.75 Å². The zero-order chi connectivity index (χ0) is 11.4. The lowest BCUT2D eigenvalue weighted by Gasteiger charge is -2.11. The minimum absolute atomic E-state index is 0.0492. The number of rotatable bonds is 3. The number of nitrogens with two attached hydrogens (primary N) is 1. The van der Waals surface area contributed by atoms with Gasteiger partial charge >= 0.3 is 0 Å². The molecule has 0 unspecified atom stereocenters. The smallest absolute Gasteiger partial charge is 0.226 e. The Balaban J connectivity index is 2.83. The van der Waals surface area contributed by atoms with Crippen LogP contribution in [0.2, 0.25) is 0 Å². The first-order valence-electron chi connectivity index (χ1n) is 4.79. The fraction of sp³-hybridized carbons (Fsp3) is 0.364. The summed E-state index contributed by atoms with van der Waals surface area (Å²) in [6.07, 6.45) is 0. The zero-order valence-electron chi connectivity index (χ0n) is 9.20. The summed E-state index contributed by atoms with van der Waals surface area (Å²) < 4.78 is 5.01. The van der Waals surface area contributed by atoms with Gasteiger partial charge in [-0.25, -0.2) is 0 Å². The molecular weight excluding hydrogens is 192 g/mol. The van der Waals surface area contributed by atoms with Crippen molar-refractivity contribution < 1.29 is 9.53 Å². The molecule has 0 saturated heterocycles. The van der Waals surface area contributed by atoms with E-state index in [-0.39, 0.29) is 11.8 Å². The van der Waals surface area contributed by atoms with E-state index in [0.717, 1.165) is 0 Å². The van der Waals surface area contributed by atoms with Crippen LogP contribution in [0.15, 0.2) is 18.2 Å². The first-order chi connectivity index (χ1) is 7.04. The molecule has 0 radical (unpaired) electrons. The summed E-state index contributed by atoms with van der Waals surface area (Å²) in [5.74, 6) is 0.563. The maximum absolute atomic E-state index is 11.4. The second kappa shape index (κ2) is 4.68. The van der Waals surface area contributed by atoms with Crippen LogP contribution in [-0.2, 0) is 4.79 Å². The number of amides is 1. The number of carbonyl (C=O) groups is 1. The first kappa shape index (κ1) is 11.4. The van der Waals surface area contributed by atoms with Crippen LogP contribution < -0.4 is 15.8 Å². The van der Waals surface area contributed by atoms with Gasteiger partial charge in [0.25, 0.3) is 0 Å². The summed E-state index contributed by atoms with van der Waals surface area (Å²) in [7, 11) is 1.57. The van der Waals surface area contributed by atoms with Gasteiger partial charge in [0.15, 0.2) is 0 Å². The lowest BCUT2D eigenvalue weighted by Crippen LogP contribution is -2.18. The highest BCUT2D eigenvalue weighted by molar-refractivity contribution is 5.95. The topological polar surface area (TPSA) is 64.3 Å². The van der Waals surface area contributed by atoms with Crippen LogP contribution >= 0.6 is 0 Å². The van der Waals surface area contributed by atoms with E-state index in [9.17, 15) is 4.79 Å². The maximum Gasteiger partial charge on any atom is 0.226 e. The molecule has 0 bridgehead atoms. The quantitative estimate of drug-likeness (QED) is 0.745. The fourth-order valence-electron chi connectivity index (χ4n) is 1.06. The van der Waals surface area contributed by atoms with Gasteiger partial charge < -0.3 is 15.8 Å². The van der Waals surface area contributed by atoms with Crippen molar-refractivity contribution in [3.8, 4) is 5.75 Å². The monoisotopic (exact) mass is 208 g/mol. The standard InChI is InChI=1S/C11H16N2O2/c1-7(2)11(14)13-10-5-4-8(15-3)6-9(10)12/h4-7H,12H2,1-3H3,(H,13,14). The van der Waals surface area contributed by atoms with Gasteiger partial charge in [-0.1, -0.05) is 13.8 Å². The average molecular weight is 208 g/mol. The largest absolute Gasteiger partial charge is 0.497 e. The Morgan fingerprint density at radius 2 is 2.13 bits per heavy atom. The minimum atomic E-state index is -0.0634. The molecular formula is C11H16N2O2. The third-order valence-electron chi connectivity index (χ3n) is 2.04. The zero-order valence-corrected chi connectivity index (χ0v) is 9.20. The molecule has 1 aromatic rings. The van der Waals surface area contributed by atoms with Crippen molar-refractivity contribution in [2.24, 2.45) is 5.92 Å². The predicted molar refractivity (Wildman–Crippen MR) is 60.9 cm³/mol. The summed E-state index contributed by atoms with van der Waals surface area (Å²) in [6.45, 7) is 3.66. The van der Waals surface area contributed by atoms with Gasteiger partial charge in [-0.15, -0.1) is 0 Å². The maximum atomic E-state index is 11.4.